The van der Waals surface area contributed by atoms with Crippen LogP contribution in [0.15, 0.2) is 42.5 Å². The van der Waals surface area contributed by atoms with Crippen molar-refractivity contribution in [3.05, 3.63) is 59.2 Å². The Hall–Kier alpha value is -3.15. The van der Waals surface area contributed by atoms with Crippen LogP contribution in [-0.4, -0.2) is 66.3 Å². The Morgan fingerprint density at radius 1 is 1.08 bits per heavy atom. The first-order valence-electron chi connectivity index (χ1n) is 12.0. The van der Waals surface area contributed by atoms with Crippen LogP contribution in [0.2, 0.25) is 0 Å². The van der Waals surface area contributed by atoms with E-state index in [1.165, 1.54) is 0 Å². The summed E-state index contributed by atoms with van der Waals surface area (Å²) >= 11 is 0. The van der Waals surface area contributed by atoms with Gasteiger partial charge in [-0.05, 0) is 42.2 Å². The fraction of sp³-hybridized carbons (Fsp3) is 0.440. The third kappa shape index (κ3) is 4.21. The molecular formula is C25H29N3O7S. The molecule has 3 N–H and O–H groups in total. The van der Waals surface area contributed by atoms with Gasteiger partial charge >= 0.3 is 5.97 Å². The normalized spacial score (nSPS) is 26.0. The summed E-state index contributed by atoms with van der Waals surface area (Å²) < 4.78 is 37.0. The molecule has 2 aliphatic heterocycles. The first kappa shape index (κ1) is 24.5. The predicted molar refractivity (Wildman–Crippen MR) is 130 cm³/mol. The largest absolute Gasteiger partial charge is 0.486 e. The molecule has 0 radical (unpaired) electrons. The molecule has 5 rings (SSSR count). The Morgan fingerprint density at radius 3 is 2.50 bits per heavy atom. The molecule has 10 nitrogen and oxygen atoms in total. The highest BCUT2D eigenvalue weighted by molar-refractivity contribution is 7.88. The standard InChI is InChI=1S/C25H29N3O7S/c1-36(32,33)28(26)19-9-5-4-8-18(19)27-23(15-10-11-20-21(14-15)35-13-12-34-20)22(25(30)31)16-6-2-3-7-17(16)24(27)29/h2-3,6-7,10-11,14,18-19,22-23H,4-5,8-9,12-13,26H2,1H3,(H,30,31). The second-order valence-electron chi connectivity index (χ2n) is 9.48. The number of aliphatic carboxylic acids is 1. The lowest BCUT2D eigenvalue weighted by Crippen LogP contribution is -2.61. The van der Waals surface area contributed by atoms with Gasteiger partial charge in [-0.15, -0.1) is 4.41 Å². The number of carbonyl (C=O) groups is 2. The van der Waals surface area contributed by atoms with Gasteiger partial charge in [-0.2, -0.15) is 0 Å². The van der Waals surface area contributed by atoms with Gasteiger partial charge in [-0.3, -0.25) is 15.4 Å². The lowest BCUT2D eigenvalue weighted by molar-refractivity contribution is -0.141. The second kappa shape index (κ2) is 9.38. The molecule has 0 aromatic heterocycles. The molecule has 192 valence electrons. The second-order valence-corrected chi connectivity index (χ2v) is 11.4. The van der Waals surface area contributed by atoms with Crippen LogP contribution >= 0.6 is 0 Å². The first-order chi connectivity index (χ1) is 17.2. The third-order valence-corrected chi connectivity index (χ3v) is 8.35. The summed E-state index contributed by atoms with van der Waals surface area (Å²) in [7, 11) is -3.76. The molecule has 1 amide bonds. The molecule has 4 unspecified atom stereocenters. The highest BCUT2D eigenvalue weighted by atomic mass is 32.2. The minimum absolute atomic E-state index is 0.297. The van der Waals surface area contributed by atoms with E-state index in [-0.39, 0.29) is 5.91 Å². The van der Waals surface area contributed by atoms with Crippen LogP contribution < -0.4 is 15.3 Å². The van der Waals surface area contributed by atoms with E-state index in [1.807, 2.05) is 0 Å². The number of carboxylic acid groups (broad SMARTS) is 1. The van der Waals surface area contributed by atoms with E-state index >= 15 is 0 Å². The Bertz CT molecular complexity index is 1300. The molecule has 0 saturated heterocycles. The van der Waals surface area contributed by atoms with Crippen LogP contribution in [0.1, 0.15) is 59.1 Å². The molecule has 0 bridgehead atoms. The maximum absolute atomic E-state index is 14.0. The summed E-state index contributed by atoms with van der Waals surface area (Å²) in [5.74, 6) is 4.61. The zero-order valence-electron chi connectivity index (χ0n) is 19.9. The zero-order chi connectivity index (χ0) is 25.6. The predicted octanol–water partition coefficient (Wildman–Crippen LogP) is 2.27. The lowest BCUT2D eigenvalue weighted by Gasteiger charge is -2.49. The molecule has 1 fully saturated rings. The smallest absolute Gasteiger partial charge is 0.313 e. The fourth-order valence-corrected chi connectivity index (χ4v) is 6.48. The number of nitrogens with two attached hydrogens (primary N) is 1. The van der Waals surface area contributed by atoms with Gasteiger partial charge in [0.1, 0.15) is 19.1 Å². The summed E-state index contributed by atoms with van der Waals surface area (Å²) in [6, 6.07) is 9.68. The van der Waals surface area contributed by atoms with E-state index in [1.54, 1.807) is 47.4 Å². The van der Waals surface area contributed by atoms with E-state index in [2.05, 4.69) is 0 Å². The fourth-order valence-electron chi connectivity index (χ4n) is 5.74. The molecule has 1 aliphatic carbocycles. The molecule has 1 saturated carbocycles. The number of carbonyl (C=O) groups excluding carboxylic acids is 1. The monoisotopic (exact) mass is 515 g/mol. The lowest BCUT2D eigenvalue weighted by atomic mass is 9.77. The average molecular weight is 516 g/mol. The minimum Gasteiger partial charge on any atom is -0.486 e. The average Bonchev–Trinajstić information content (AvgIpc) is 2.87. The Labute approximate surface area is 209 Å². The Balaban J connectivity index is 1.69. The van der Waals surface area contributed by atoms with Crippen LogP contribution in [-0.2, 0) is 14.8 Å². The van der Waals surface area contributed by atoms with Crippen molar-refractivity contribution < 1.29 is 32.6 Å². The van der Waals surface area contributed by atoms with Gasteiger partial charge in [0.15, 0.2) is 11.5 Å². The van der Waals surface area contributed by atoms with Crippen molar-refractivity contribution in [1.82, 2.24) is 9.31 Å². The maximum atomic E-state index is 14.0. The van der Waals surface area contributed by atoms with Crippen LogP contribution in [0.3, 0.4) is 0 Å². The number of sulfonamides is 1. The van der Waals surface area contributed by atoms with E-state index < -0.39 is 40.0 Å². The Morgan fingerprint density at radius 2 is 1.78 bits per heavy atom. The van der Waals surface area contributed by atoms with Crippen molar-refractivity contribution in [2.45, 2.75) is 49.7 Å². The number of hydrogen-bond acceptors (Lipinski definition) is 7. The maximum Gasteiger partial charge on any atom is 0.313 e. The quantitative estimate of drug-likeness (QED) is 0.457. The minimum atomic E-state index is -3.76. The van der Waals surface area contributed by atoms with Crippen molar-refractivity contribution in [3.63, 3.8) is 0 Å². The summed E-state index contributed by atoms with van der Waals surface area (Å²) in [5, 5.41) is 10.4. The van der Waals surface area contributed by atoms with Crippen molar-refractivity contribution in [2.75, 3.05) is 19.5 Å². The number of rotatable bonds is 5. The van der Waals surface area contributed by atoms with Crippen molar-refractivity contribution in [3.8, 4) is 11.5 Å². The van der Waals surface area contributed by atoms with Gasteiger partial charge in [-0.1, -0.05) is 37.1 Å². The number of benzene rings is 2. The van der Waals surface area contributed by atoms with Crippen LogP contribution in [0.25, 0.3) is 0 Å². The van der Waals surface area contributed by atoms with Crippen LogP contribution in [0, 0.1) is 0 Å². The van der Waals surface area contributed by atoms with E-state index in [4.69, 9.17) is 15.3 Å². The van der Waals surface area contributed by atoms with E-state index in [9.17, 15) is 23.1 Å². The number of hydrazine groups is 1. The van der Waals surface area contributed by atoms with Crippen molar-refractivity contribution in [1.29, 1.82) is 0 Å². The number of fused-ring (bicyclic) bond motifs is 2. The molecule has 11 heteroatoms. The van der Waals surface area contributed by atoms with Gasteiger partial charge in [0.2, 0.25) is 10.0 Å². The molecule has 3 aliphatic rings. The first-order valence-corrected chi connectivity index (χ1v) is 13.8. The van der Waals surface area contributed by atoms with Gasteiger partial charge in [0.25, 0.3) is 5.91 Å². The number of nitrogens with zero attached hydrogens (tertiary/aromatic N) is 2. The summed E-state index contributed by atoms with van der Waals surface area (Å²) in [4.78, 5) is 28.4. The summed E-state index contributed by atoms with van der Waals surface area (Å²) in [5.41, 5.74) is 1.29. The molecule has 0 spiro atoms. The number of ether oxygens (including phenoxy) is 2. The molecular weight excluding hydrogens is 486 g/mol. The van der Waals surface area contributed by atoms with Crippen LogP contribution in [0.4, 0.5) is 0 Å². The SMILES string of the molecule is CS(=O)(=O)N(N)C1CCCCC1N1C(=O)c2ccccc2C(C(=O)O)C1c1ccc2c(c1)OCCO2. The van der Waals surface area contributed by atoms with E-state index in [0.717, 1.165) is 23.5 Å². The molecule has 4 atom stereocenters. The molecule has 2 aromatic rings. The van der Waals surface area contributed by atoms with Gasteiger partial charge < -0.3 is 19.5 Å². The third-order valence-electron chi connectivity index (χ3n) is 7.31. The van der Waals surface area contributed by atoms with Crippen molar-refractivity contribution >= 4 is 21.9 Å². The summed E-state index contributed by atoms with van der Waals surface area (Å²) in [6.07, 6.45) is 3.50. The van der Waals surface area contributed by atoms with Crippen molar-refractivity contribution in [2.24, 2.45) is 5.84 Å². The van der Waals surface area contributed by atoms with Gasteiger partial charge in [0, 0.05) is 5.56 Å². The van der Waals surface area contributed by atoms with E-state index in [0.29, 0.717) is 54.2 Å². The highest BCUT2D eigenvalue weighted by Crippen LogP contribution is 2.47. The van der Waals surface area contributed by atoms with Crippen LogP contribution in [0.5, 0.6) is 11.5 Å². The number of hydrogen-bond donors (Lipinski definition) is 2. The van der Waals surface area contributed by atoms with Gasteiger partial charge in [0.05, 0.1) is 24.4 Å². The topological polar surface area (TPSA) is 139 Å². The number of carboxylic acids is 1. The number of amides is 1. The highest BCUT2D eigenvalue weighted by Gasteiger charge is 2.50. The Kier molecular flexibility index (Phi) is 6.39. The molecule has 2 heterocycles. The zero-order valence-corrected chi connectivity index (χ0v) is 20.7. The summed E-state index contributed by atoms with van der Waals surface area (Å²) in [6.45, 7) is 0.767. The molecule has 36 heavy (non-hydrogen) atoms. The molecule has 2 aromatic carbocycles. The van der Waals surface area contributed by atoms with Gasteiger partial charge in [-0.25, -0.2) is 8.42 Å².